The molecular weight excluding hydrogens is 280 g/mol. The van der Waals surface area contributed by atoms with Crippen molar-refractivity contribution in [1.82, 2.24) is 9.88 Å². The van der Waals surface area contributed by atoms with Gasteiger partial charge in [0.1, 0.15) is 0 Å². The number of fused-ring (bicyclic) bond motifs is 1. The predicted molar refractivity (Wildman–Crippen MR) is 101 cm³/mol. The Morgan fingerprint density at radius 2 is 2.00 bits per heavy atom. The number of para-hydroxylation sites is 1. The van der Waals surface area contributed by atoms with Gasteiger partial charge in [0, 0.05) is 24.2 Å². The van der Waals surface area contributed by atoms with Crippen molar-refractivity contribution < 1.29 is 0 Å². The fraction of sp³-hybridized carbons (Fsp3) is 0.476. The number of rotatable bonds is 9. The van der Waals surface area contributed by atoms with Crippen LogP contribution < -0.4 is 0 Å². The van der Waals surface area contributed by atoms with E-state index in [4.69, 9.17) is 0 Å². The quantitative estimate of drug-likeness (QED) is 0.600. The summed E-state index contributed by atoms with van der Waals surface area (Å²) in [6.45, 7) is 13.0. The van der Waals surface area contributed by atoms with Gasteiger partial charge < -0.3 is 0 Å². The molecule has 0 amide bonds. The number of pyridine rings is 1. The molecule has 0 aliphatic heterocycles. The lowest BCUT2D eigenvalue weighted by atomic mass is 9.98. The summed E-state index contributed by atoms with van der Waals surface area (Å²) in [5.41, 5.74) is 2.51. The van der Waals surface area contributed by atoms with Crippen molar-refractivity contribution >= 4 is 10.9 Å². The van der Waals surface area contributed by atoms with Crippen LogP contribution in [0.1, 0.15) is 39.2 Å². The zero-order valence-corrected chi connectivity index (χ0v) is 14.8. The average Bonchev–Trinajstić information content (AvgIpc) is 2.59. The zero-order chi connectivity index (χ0) is 16.7. The second-order valence-electron chi connectivity index (χ2n) is 6.46. The average molecular weight is 310 g/mol. The normalized spacial score (nSPS) is 14.1. The molecule has 0 spiro atoms. The highest BCUT2D eigenvalue weighted by Gasteiger charge is 2.19. The first kappa shape index (κ1) is 17.7. The van der Waals surface area contributed by atoms with Crippen LogP contribution in [-0.4, -0.2) is 29.0 Å². The van der Waals surface area contributed by atoms with Gasteiger partial charge in [0.25, 0.3) is 0 Å². The van der Waals surface area contributed by atoms with Gasteiger partial charge in [-0.1, -0.05) is 45.0 Å². The van der Waals surface area contributed by atoms with Gasteiger partial charge >= 0.3 is 0 Å². The molecule has 0 N–H and O–H groups in total. The standard InChI is InChI=1S/C21H30N2/c1-5-14-23(16-17(4)6-2)19(7-3)15-18-12-13-22-21-11-9-8-10-20(18)21/h6,8-13,17,19H,2,5,7,14-16H2,1,3-4H3. The molecule has 2 atom stereocenters. The minimum atomic E-state index is 0.532. The van der Waals surface area contributed by atoms with Crippen molar-refractivity contribution in [1.29, 1.82) is 0 Å². The lowest BCUT2D eigenvalue weighted by Crippen LogP contribution is -2.39. The van der Waals surface area contributed by atoms with Crippen LogP contribution in [0.4, 0.5) is 0 Å². The molecule has 2 nitrogen and oxygen atoms in total. The van der Waals surface area contributed by atoms with Crippen LogP contribution in [0, 0.1) is 5.92 Å². The Morgan fingerprint density at radius 1 is 1.22 bits per heavy atom. The van der Waals surface area contributed by atoms with E-state index < -0.39 is 0 Å². The van der Waals surface area contributed by atoms with Crippen molar-refractivity contribution in [2.75, 3.05) is 13.1 Å². The molecule has 2 rings (SSSR count). The molecule has 0 fully saturated rings. The number of hydrogen-bond acceptors (Lipinski definition) is 2. The summed E-state index contributed by atoms with van der Waals surface area (Å²) >= 11 is 0. The Hall–Kier alpha value is -1.67. The smallest absolute Gasteiger partial charge is 0.0704 e. The second kappa shape index (κ2) is 8.83. The Labute approximate surface area is 141 Å². The fourth-order valence-electron chi connectivity index (χ4n) is 3.27. The van der Waals surface area contributed by atoms with E-state index in [1.807, 2.05) is 6.20 Å². The third-order valence-electron chi connectivity index (χ3n) is 4.62. The Balaban J connectivity index is 2.23. The molecule has 0 aliphatic rings. The molecule has 1 aromatic heterocycles. The van der Waals surface area contributed by atoms with E-state index in [0.717, 1.165) is 25.0 Å². The van der Waals surface area contributed by atoms with Gasteiger partial charge in [0.2, 0.25) is 0 Å². The highest BCUT2D eigenvalue weighted by molar-refractivity contribution is 5.81. The van der Waals surface area contributed by atoms with E-state index in [1.165, 1.54) is 23.8 Å². The summed E-state index contributed by atoms with van der Waals surface area (Å²) in [6, 6.07) is 11.2. The van der Waals surface area contributed by atoms with E-state index in [0.29, 0.717) is 12.0 Å². The van der Waals surface area contributed by atoms with E-state index in [2.05, 4.69) is 73.6 Å². The van der Waals surface area contributed by atoms with E-state index >= 15 is 0 Å². The molecule has 0 bridgehead atoms. The largest absolute Gasteiger partial charge is 0.300 e. The van der Waals surface area contributed by atoms with Crippen molar-refractivity contribution in [2.24, 2.45) is 5.92 Å². The molecule has 2 heteroatoms. The third-order valence-corrected chi connectivity index (χ3v) is 4.62. The first-order chi connectivity index (χ1) is 11.2. The Morgan fingerprint density at radius 3 is 2.70 bits per heavy atom. The molecule has 23 heavy (non-hydrogen) atoms. The molecule has 1 heterocycles. The van der Waals surface area contributed by atoms with Gasteiger partial charge in [-0.15, -0.1) is 6.58 Å². The van der Waals surface area contributed by atoms with Crippen molar-refractivity contribution in [3.63, 3.8) is 0 Å². The summed E-state index contributed by atoms with van der Waals surface area (Å²) in [4.78, 5) is 7.13. The van der Waals surface area contributed by atoms with Crippen molar-refractivity contribution in [2.45, 2.75) is 46.1 Å². The molecule has 1 aromatic carbocycles. The highest BCUT2D eigenvalue weighted by Crippen LogP contribution is 2.21. The van der Waals surface area contributed by atoms with Crippen LogP contribution >= 0.6 is 0 Å². The van der Waals surface area contributed by atoms with Gasteiger partial charge in [0.05, 0.1) is 5.52 Å². The maximum absolute atomic E-state index is 4.49. The number of aromatic nitrogens is 1. The molecule has 0 saturated carbocycles. The molecule has 0 radical (unpaired) electrons. The van der Waals surface area contributed by atoms with Crippen LogP contribution in [0.15, 0.2) is 49.2 Å². The number of benzene rings is 1. The van der Waals surface area contributed by atoms with E-state index in [9.17, 15) is 0 Å². The van der Waals surface area contributed by atoms with Crippen molar-refractivity contribution in [3.8, 4) is 0 Å². The van der Waals surface area contributed by atoms with Crippen LogP contribution in [0.5, 0.6) is 0 Å². The second-order valence-corrected chi connectivity index (χ2v) is 6.46. The lowest BCUT2D eigenvalue weighted by molar-refractivity contribution is 0.175. The summed E-state index contributed by atoms with van der Waals surface area (Å²) in [7, 11) is 0. The maximum Gasteiger partial charge on any atom is 0.0704 e. The lowest BCUT2D eigenvalue weighted by Gasteiger charge is -2.32. The molecule has 0 aliphatic carbocycles. The highest BCUT2D eigenvalue weighted by atomic mass is 15.1. The molecule has 2 aromatic rings. The van der Waals surface area contributed by atoms with E-state index in [1.54, 1.807) is 0 Å². The van der Waals surface area contributed by atoms with E-state index in [-0.39, 0.29) is 0 Å². The van der Waals surface area contributed by atoms with Gasteiger partial charge in [-0.05, 0) is 49.4 Å². The SMILES string of the molecule is C=CC(C)CN(CCC)C(CC)Cc1ccnc2ccccc12. The minimum Gasteiger partial charge on any atom is -0.300 e. The summed E-state index contributed by atoms with van der Waals surface area (Å²) in [5.74, 6) is 0.532. The third kappa shape index (κ3) is 4.65. The fourth-order valence-corrected chi connectivity index (χ4v) is 3.27. The maximum atomic E-state index is 4.49. The first-order valence-corrected chi connectivity index (χ1v) is 8.88. The zero-order valence-electron chi connectivity index (χ0n) is 14.8. The Kier molecular flexibility index (Phi) is 6.79. The number of nitrogens with zero attached hydrogens (tertiary/aromatic N) is 2. The topological polar surface area (TPSA) is 16.1 Å². The molecule has 0 saturated heterocycles. The molecular formula is C21H30N2. The van der Waals surface area contributed by atoms with Crippen molar-refractivity contribution in [3.05, 3.63) is 54.7 Å². The first-order valence-electron chi connectivity index (χ1n) is 8.88. The van der Waals surface area contributed by atoms with Crippen LogP contribution in [0.3, 0.4) is 0 Å². The Bertz CT molecular complexity index is 615. The summed E-state index contributed by atoms with van der Waals surface area (Å²) in [6.07, 6.45) is 7.46. The molecule has 124 valence electrons. The van der Waals surface area contributed by atoms with Crippen LogP contribution in [0.25, 0.3) is 10.9 Å². The van der Waals surface area contributed by atoms with Gasteiger partial charge in [0.15, 0.2) is 0 Å². The monoisotopic (exact) mass is 310 g/mol. The molecule has 2 unspecified atom stereocenters. The van der Waals surface area contributed by atoms with Crippen LogP contribution in [-0.2, 0) is 6.42 Å². The number of hydrogen-bond donors (Lipinski definition) is 0. The predicted octanol–water partition coefficient (Wildman–Crippen LogP) is 5.09. The van der Waals surface area contributed by atoms with Gasteiger partial charge in [-0.3, -0.25) is 9.88 Å². The van der Waals surface area contributed by atoms with Crippen LogP contribution in [0.2, 0.25) is 0 Å². The van der Waals surface area contributed by atoms with Gasteiger partial charge in [-0.2, -0.15) is 0 Å². The van der Waals surface area contributed by atoms with Gasteiger partial charge in [-0.25, -0.2) is 0 Å². The minimum absolute atomic E-state index is 0.532. The summed E-state index contributed by atoms with van der Waals surface area (Å²) < 4.78 is 0. The summed E-state index contributed by atoms with van der Waals surface area (Å²) in [5, 5.41) is 1.29.